The third-order valence-corrected chi connectivity index (χ3v) is 6.01. The van der Waals surface area contributed by atoms with Crippen LogP contribution in [0.1, 0.15) is 39.0 Å². The Kier molecular flexibility index (Phi) is 6.01. The SMILES string of the molecule is CCOc1ccc2oc(C)c(C(=O)Oc3ccc4c(c3)O/C(=C\c3ccc(Cl)cc3Cl)C4=O)c2c1. The van der Waals surface area contributed by atoms with Crippen molar-refractivity contribution in [2.24, 2.45) is 0 Å². The predicted octanol–water partition coefficient (Wildman–Crippen LogP) is 7.28. The lowest BCUT2D eigenvalue weighted by Crippen LogP contribution is -2.09. The van der Waals surface area contributed by atoms with Crippen molar-refractivity contribution in [3.63, 3.8) is 0 Å². The van der Waals surface area contributed by atoms with Gasteiger partial charge in [-0.1, -0.05) is 29.3 Å². The third-order valence-electron chi connectivity index (χ3n) is 5.45. The third kappa shape index (κ3) is 4.38. The number of furan rings is 1. The molecule has 1 aromatic heterocycles. The lowest BCUT2D eigenvalue weighted by molar-refractivity contribution is 0.0734. The Bertz CT molecular complexity index is 1530. The van der Waals surface area contributed by atoms with Crippen molar-refractivity contribution < 1.29 is 28.2 Å². The lowest BCUT2D eigenvalue weighted by Gasteiger charge is -2.06. The molecule has 8 heteroatoms. The molecular weight excluding hydrogens is 491 g/mol. The molecule has 0 spiro atoms. The Hall–Kier alpha value is -3.74. The average Bonchev–Trinajstić information content (AvgIpc) is 3.31. The maximum absolute atomic E-state index is 13.0. The van der Waals surface area contributed by atoms with Gasteiger partial charge in [-0.25, -0.2) is 4.79 Å². The first-order chi connectivity index (χ1) is 16.8. The molecule has 1 aliphatic rings. The number of fused-ring (bicyclic) bond motifs is 2. The fourth-order valence-corrected chi connectivity index (χ4v) is 4.32. The predicted molar refractivity (Wildman–Crippen MR) is 133 cm³/mol. The van der Waals surface area contributed by atoms with Crippen LogP contribution in [0.3, 0.4) is 0 Å². The zero-order chi connectivity index (χ0) is 24.7. The molecule has 4 aromatic rings. The molecule has 0 bridgehead atoms. The van der Waals surface area contributed by atoms with Crippen molar-refractivity contribution in [2.45, 2.75) is 13.8 Å². The summed E-state index contributed by atoms with van der Waals surface area (Å²) in [6.07, 6.45) is 1.55. The van der Waals surface area contributed by atoms with Crippen LogP contribution in [0.15, 0.2) is 64.8 Å². The summed E-state index contributed by atoms with van der Waals surface area (Å²) in [6.45, 7) is 4.07. The fourth-order valence-electron chi connectivity index (χ4n) is 3.86. The number of ketones is 1. The van der Waals surface area contributed by atoms with Gasteiger partial charge in [0.1, 0.15) is 34.2 Å². The standard InChI is InChI=1S/C27H18Cl2O6/c1-3-32-17-7-9-22-20(12-17)25(14(2)33-22)27(31)34-18-6-8-19-23(13-18)35-24(26(19)30)10-15-4-5-16(28)11-21(15)29/h4-13H,3H2,1-2H3/b24-10-. The van der Waals surface area contributed by atoms with Crippen LogP contribution in [0.2, 0.25) is 10.0 Å². The molecule has 35 heavy (non-hydrogen) atoms. The molecule has 0 aliphatic carbocycles. The Morgan fingerprint density at radius 1 is 1.03 bits per heavy atom. The molecule has 6 nitrogen and oxygen atoms in total. The average molecular weight is 509 g/mol. The van der Waals surface area contributed by atoms with E-state index in [1.54, 1.807) is 61.5 Å². The maximum atomic E-state index is 13.0. The van der Waals surface area contributed by atoms with Crippen LogP contribution in [-0.4, -0.2) is 18.4 Å². The largest absolute Gasteiger partial charge is 0.494 e. The highest BCUT2D eigenvalue weighted by molar-refractivity contribution is 6.35. The molecule has 2 heterocycles. The summed E-state index contributed by atoms with van der Waals surface area (Å²) < 4.78 is 22.6. The molecule has 0 radical (unpaired) electrons. The van der Waals surface area contributed by atoms with Gasteiger partial charge in [0.05, 0.1) is 12.2 Å². The van der Waals surface area contributed by atoms with Gasteiger partial charge in [0.2, 0.25) is 5.78 Å². The molecule has 176 valence electrons. The molecule has 0 saturated heterocycles. The van der Waals surface area contributed by atoms with Gasteiger partial charge in [-0.05, 0) is 68.0 Å². The summed E-state index contributed by atoms with van der Waals surface area (Å²) >= 11 is 12.1. The van der Waals surface area contributed by atoms with E-state index in [1.807, 2.05) is 6.92 Å². The zero-order valence-corrected chi connectivity index (χ0v) is 20.2. The first-order valence-corrected chi connectivity index (χ1v) is 11.5. The number of ether oxygens (including phenoxy) is 3. The first kappa shape index (κ1) is 23.0. The maximum Gasteiger partial charge on any atom is 0.347 e. The Morgan fingerprint density at radius 3 is 2.60 bits per heavy atom. The Morgan fingerprint density at radius 2 is 1.83 bits per heavy atom. The van der Waals surface area contributed by atoms with Crippen LogP contribution >= 0.6 is 23.2 Å². The molecule has 0 atom stereocenters. The van der Waals surface area contributed by atoms with E-state index in [2.05, 4.69) is 0 Å². The normalized spacial score (nSPS) is 13.7. The summed E-state index contributed by atoms with van der Waals surface area (Å²) in [4.78, 5) is 25.8. The molecule has 5 rings (SSSR count). The molecule has 0 saturated carbocycles. The van der Waals surface area contributed by atoms with E-state index in [0.29, 0.717) is 55.8 Å². The van der Waals surface area contributed by atoms with E-state index in [1.165, 1.54) is 6.07 Å². The van der Waals surface area contributed by atoms with Crippen LogP contribution in [0.25, 0.3) is 17.0 Å². The van der Waals surface area contributed by atoms with Gasteiger partial charge in [0.15, 0.2) is 5.76 Å². The van der Waals surface area contributed by atoms with Gasteiger partial charge >= 0.3 is 5.97 Å². The monoisotopic (exact) mass is 508 g/mol. The second-order valence-corrected chi connectivity index (χ2v) is 8.62. The number of allylic oxidation sites excluding steroid dienone is 1. The number of hydrogen-bond donors (Lipinski definition) is 0. The number of aryl methyl sites for hydroxylation is 1. The van der Waals surface area contributed by atoms with E-state index in [0.717, 1.165) is 0 Å². The number of halogens is 2. The van der Waals surface area contributed by atoms with Gasteiger partial charge in [-0.2, -0.15) is 0 Å². The minimum absolute atomic E-state index is 0.104. The van der Waals surface area contributed by atoms with Crippen molar-refractivity contribution in [3.05, 3.63) is 92.9 Å². The minimum atomic E-state index is -0.595. The van der Waals surface area contributed by atoms with Crippen LogP contribution < -0.4 is 14.2 Å². The van der Waals surface area contributed by atoms with Gasteiger partial charge in [-0.15, -0.1) is 0 Å². The summed E-state index contributed by atoms with van der Waals surface area (Å²) in [5, 5.41) is 1.47. The van der Waals surface area contributed by atoms with E-state index in [4.69, 9.17) is 41.8 Å². The number of benzene rings is 3. The minimum Gasteiger partial charge on any atom is -0.494 e. The lowest BCUT2D eigenvalue weighted by atomic mass is 10.1. The highest BCUT2D eigenvalue weighted by Crippen LogP contribution is 2.37. The van der Waals surface area contributed by atoms with Gasteiger partial charge in [0.25, 0.3) is 0 Å². The highest BCUT2D eigenvalue weighted by atomic mass is 35.5. The summed E-state index contributed by atoms with van der Waals surface area (Å²) in [6, 6.07) is 14.8. The van der Waals surface area contributed by atoms with Crippen molar-refractivity contribution in [2.75, 3.05) is 6.61 Å². The number of rotatable bonds is 5. The number of Topliss-reactive ketones (excluding diaryl/α,β-unsaturated/α-hetero) is 1. The van der Waals surface area contributed by atoms with Crippen LogP contribution in [0.4, 0.5) is 0 Å². The van der Waals surface area contributed by atoms with Gasteiger partial charge in [-0.3, -0.25) is 4.79 Å². The van der Waals surface area contributed by atoms with Crippen molar-refractivity contribution in [3.8, 4) is 17.2 Å². The summed E-state index contributed by atoms with van der Waals surface area (Å²) in [7, 11) is 0. The fraction of sp³-hybridized carbons (Fsp3) is 0.111. The second kappa shape index (κ2) is 9.13. The first-order valence-electron chi connectivity index (χ1n) is 10.8. The van der Waals surface area contributed by atoms with Crippen LogP contribution in [-0.2, 0) is 0 Å². The van der Waals surface area contributed by atoms with Crippen molar-refractivity contribution in [1.29, 1.82) is 0 Å². The number of carbonyl (C=O) groups is 2. The summed E-state index contributed by atoms with van der Waals surface area (Å²) in [5.74, 6) is 0.765. The van der Waals surface area contributed by atoms with E-state index in [9.17, 15) is 9.59 Å². The van der Waals surface area contributed by atoms with E-state index >= 15 is 0 Å². The molecule has 3 aromatic carbocycles. The molecule has 1 aliphatic heterocycles. The van der Waals surface area contributed by atoms with Gasteiger partial charge < -0.3 is 18.6 Å². The molecule has 0 fully saturated rings. The van der Waals surface area contributed by atoms with E-state index < -0.39 is 5.97 Å². The quantitative estimate of drug-likeness (QED) is 0.160. The van der Waals surface area contributed by atoms with Gasteiger partial charge in [0, 0.05) is 21.5 Å². The smallest absolute Gasteiger partial charge is 0.347 e. The topological polar surface area (TPSA) is 75.0 Å². The summed E-state index contributed by atoms with van der Waals surface area (Å²) in [5.41, 5.74) is 1.80. The molecular formula is C27H18Cl2O6. The molecule has 0 N–H and O–H groups in total. The molecule has 0 amide bonds. The van der Waals surface area contributed by atoms with Crippen molar-refractivity contribution >= 4 is 52.0 Å². The zero-order valence-electron chi connectivity index (χ0n) is 18.7. The molecule has 0 unspecified atom stereocenters. The highest BCUT2D eigenvalue weighted by Gasteiger charge is 2.29. The number of hydrogen-bond acceptors (Lipinski definition) is 6. The van der Waals surface area contributed by atoms with E-state index in [-0.39, 0.29) is 23.0 Å². The second-order valence-electron chi connectivity index (χ2n) is 7.78. The Balaban J connectivity index is 1.41. The van der Waals surface area contributed by atoms with Crippen LogP contribution in [0, 0.1) is 6.92 Å². The number of carbonyl (C=O) groups excluding carboxylic acids is 2. The Labute approximate surface area is 210 Å². The number of esters is 1. The van der Waals surface area contributed by atoms with Crippen molar-refractivity contribution in [1.82, 2.24) is 0 Å². The van der Waals surface area contributed by atoms with Crippen LogP contribution in [0.5, 0.6) is 17.2 Å².